The molecule has 1 aliphatic carbocycles. The van der Waals surface area contributed by atoms with Crippen molar-refractivity contribution in [1.82, 2.24) is 19.4 Å². The lowest BCUT2D eigenvalue weighted by Gasteiger charge is -2.45. The smallest absolute Gasteiger partial charge is 0.256 e. The van der Waals surface area contributed by atoms with Gasteiger partial charge in [-0.25, -0.2) is 4.99 Å². The fourth-order valence-electron chi connectivity index (χ4n) is 4.26. The van der Waals surface area contributed by atoms with Crippen LogP contribution in [0, 0.1) is 16.7 Å². The third-order valence-electron chi connectivity index (χ3n) is 6.51. The van der Waals surface area contributed by atoms with Gasteiger partial charge in [0.25, 0.3) is 5.91 Å². The molecule has 1 aromatic heterocycles. The number of aliphatic imine (C=N–C) groups is 1. The maximum absolute atomic E-state index is 14.0. The first-order chi connectivity index (χ1) is 17.0. The first kappa shape index (κ1) is 26.0. The van der Waals surface area contributed by atoms with E-state index in [9.17, 15) is 15.2 Å². The number of nitriles is 1. The molecule has 10 nitrogen and oxygen atoms in total. The number of aliphatic hydroxyl groups is 1. The number of nitrogens with two attached hydrogens (primary N) is 1. The Labute approximate surface area is 216 Å². The number of nitrogens with one attached hydrogen (secondary N) is 1. The third-order valence-corrected chi connectivity index (χ3v) is 7.57. The van der Waals surface area contributed by atoms with E-state index in [2.05, 4.69) is 32.7 Å². The summed E-state index contributed by atoms with van der Waals surface area (Å²) in [5.74, 6) is -0.259. The number of hydrogen-bond acceptors (Lipinski definition) is 8. The van der Waals surface area contributed by atoms with Crippen LogP contribution in [0.5, 0.6) is 0 Å². The molecule has 1 atom stereocenters. The molecule has 2 fully saturated rings. The van der Waals surface area contributed by atoms with Crippen LogP contribution < -0.4 is 15.4 Å². The van der Waals surface area contributed by atoms with Crippen LogP contribution in [0.15, 0.2) is 34.4 Å². The fourth-order valence-corrected chi connectivity index (χ4v) is 5.17. The summed E-state index contributed by atoms with van der Waals surface area (Å²) in [6.45, 7) is 7.28. The molecule has 192 valence electrons. The quantitative estimate of drug-likeness (QED) is 0.252. The molecule has 4 N–H and O–H groups in total. The second-order valence-corrected chi connectivity index (χ2v) is 11.3. The van der Waals surface area contributed by atoms with Crippen LogP contribution in [0.25, 0.3) is 0 Å². The number of amides is 1. The first-order valence-corrected chi connectivity index (χ1v) is 12.8. The van der Waals surface area contributed by atoms with Crippen LogP contribution in [-0.2, 0) is 13.6 Å². The lowest BCUT2D eigenvalue weighted by molar-refractivity contribution is 0.0631. The summed E-state index contributed by atoms with van der Waals surface area (Å²) in [6.07, 6.45) is 6.24. The van der Waals surface area contributed by atoms with E-state index in [1.165, 1.54) is 18.3 Å². The number of aromatic nitrogens is 2. The number of aryl methyl sites for hydroxylation is 1. The van der Waals surface area contributed by atoms with E-state index in [0.29, 0.717) is 30.9 Å². The summed E-state index contributed by atoms with van der Waals surface area (Å²) in [6, 6.07) is 6.20. The summed E-state index contributed by atoms with van der Waals surface area (Å²) in [4.78, 5) is 22.9. The van der Waals surface area contributed by atoms with Crippen molar-refractivity contribution in [1.29, 1.82) is 5.26 Å². The van der Waals surface area contributed by atoms with Crippen molar-refractivity contribution in [2.24, 2.45) is 23.2 Å². The Morgan fingerprint density at radius 1 is 1.44 bits per heavy atom. The zero-order valence-corrected chi connectivity index (χ0v) is 22.0. The highest BCUT2D eigenvalue weighted by Gasteiger charge is 2.41. The van der Waals surface area contributed by atoms with E-state index in [4.69, 9.17) is 5.73 Å². The Morgan fingerprint density at radius 2 is 2.17 bits per heavy atom. The second-order valence-electron chi connectivity index (χ2n) is 10.5. The highest BCUT2D eigenvalue weighted by Crippen LogP contribution is 2.44. The number of rotatable bonds is 10. The van der Waals surface area contributed by atoms with Crippen LogP contribution >= 0.6 is 11.9 Å². The molecular formula is C25H34N8O2S. The van der Waals surface area contributed by atoms with Gasteiger partial charge < -0.3 is 20.6 Å². The van der Waals surface area contributed by atoms with Gasteiger partial charge in [-0.1, -0.05) is 0 Å². The Kier molecular flexibility index (Phi) is 7.31. The van der Waals surface area contributed by atoms with E-state index in [1.54, 1.807) is 22.7 Å². The van der Waals surface area contributed by atoms with E-state index in [-0.39, 0.29) is 18.0 Å². The lowest BCUT2D eigenvalue weighted by atomic mass is 9.83. The minimum atomic E-state index is -0.715. The molecule has 0 bridgehead atoms. The molecular weight excluding hydrogens is 476 g/mol. The van der Waals surface area contributed by atoms with Crippen LogP contribution in [0.1, 0.15) is 49.5 Å². The van der Waals surface area contributed by atoms with Crippen molar-refractivity contribution in [3.8, 4) is 6.07 Å². The van der Waals surface area contributed by atoms with E-state index in [0.717, 1.165) is 29.0 Å². The molecule has 1 aliphatic heterocycles. The molecule has 2 heterocycles. The van der Waals surface area contributed by atoms with E-state index in [1.807, 2.05) is 32.3 Å². The highest BCUT2D eigenvalue weighted by atomic mass is 32.2. The molecule has 1 saturated carbocycles. The average Bonchev–Trinajstić information content (AvgIpc) is 3.41. The Morgan fingerprint density at radius 3 is 2.72 bits per heavy atom. The minimum Gasteiger partial charge on any atom is -0.392 e. The predicted octanol–water partition coefficient (Wildman–Crippen LogP) is 2.56. The Balaban J connectivity index is 1.74. The molecule has 1 unspecified atom stereocenters. The number of benzene rings is 1. The Hall–Kier alpha value is -3.07. The average molecular weight is 511 g/mol. The summed E-state index contributed by atoms with van der Waals surface area (Å²) in [7, 11) is 1.82. The number of carbonyl (C=O) groups excluding carboxylic acids is 1. The molecule has 4 rings (SSSR count). The van der Waals surface area contributed by atoms with Gasteiger partial charge in [0.05, 0.1) is 41.4 Å². The van der Waals surface area contributed by atoms with Crippen LogP contribution in [0.3, 0.4) is 0 Å². The summed E-state index contributed by atoms with van der Waals surface area (Å²) in [5.41, 5.74) is 7.86. The maximum atomic E-state index is 14.0. The van der Waals surface area contributed by atoms with E-state index < -0.39 is 11.5 Å². The van der Waals surface area contributed by atoms with Gasteiger partial charge in [0.15, 0.2) is 0 Å². The van der Waals surface area contributed by atoms with Crippen molar-refractivity contribution < 1.29 is 9.90 Å². The van der Waals surface area contributed by atoms with Gasteiger partial charge in [-0.15, -0.1) is 0 Å². The summed E-state index contributed by atoms with van der Waals surface area (Å²) < 4.78 is 5.19. The minimum absolute atomic E-state index is 0.0951. The van der Waals surface area contributed by atoms with Crippen molar-refractivity contribution in [2.75, 3.05) is 24.5 Å². The molecule has 0 radical (unpaired) electrons. The van der Waals surface area contributed by atoms with Crippen LogP contribution in [-0.4, -0.2) is 63.3 Å². The van der Waals surface area contributed by atoms with Gasteiger partial charge >= 0.3 is 0 Å². The van der Waals surface area contributed by atoms with Gasteiger partial charge in [0.1, 0.15) is 5.69 Å². The molecule has 1 amide bonds. The fraction of sp³-hybridized carbons (Fsp3) is 0.520. The topological polar surface area (TPSA) is 136 Å². The zero-order valence-electron chi connectivity index (χ0n) is 21.2. The monoisotopic (exact) mass is 510 g/mol. The molecule has 11 heteroatoms. The Bertz CT molecular complexity index is 1190. The van der Waals surface area contributed by atoms with Gasteiger partial charge in [-0.05, 0) is 57.7 Å². The lowest BCUT2D eigenvalue weighted by Crippen LogP contribution is -2.54. The number of carbonyl (C=O) groups is 1. The van der Waals surface area contributed by atoms with Crippen molar-refractivity contribution >= 4 is 35.6 Å². The zero-order chi connectivity index (χ0) is 26.1. The van der Waals surface area contributed by atoms with Crippen molar-refractivity contribution in [3.63, 3.8) is 0 Å². The number of nitrogens with zero attached hydrogens (tertiary/aromatic N) is 6. The summed E-state index contributed by atoms with van der Waals surface area (Å²) in [5, 5.41) is 23.9. The van der Waals surface area contributed by atoms with Crippen LogP contribution in [0.4, 0.5) is 11.4 Å². The second kappa shape index (κ2) is 10.1. The normalized spacial score (nSPS) is 18.5. The van der Waals surface area contributed by atoms with E-state index >= 15 is 0 Å². The highest BCUT2D eigenvalue weighted by molar-refractivity contribution is 7.97. The largest absolute Gasteiger partial charge is 0.392 e. The van der Waals surface area contributed by atoms with Gasteiger partial charge in [0, 0.05) is 55.4 Å². The maximum Gasteiger partial charge on any atom is 0.256 e. The third kappa shape index (κ3) is 5.83. The van der Waals surface area contributed by atoms with Gasteiger partial charge in [0.2, 0.25) is 0 Å². The van der Waals surface area contributed by atoms with Gasteiger partial charge in [-0.3, -0.25) is 14.2 Å². The molecule has 1 aromatic carbocycles. The molecule has 2 aromatic rings. The van der Waals surface area contributed by atoms with Crippen molar-refractivity contribution in [2.45, 2.75) is 56.7 Å². The first-order valence-electron chi connectivity index (χ1n) is 12.0. The predicted molar refractivity (Wildman–Crippen MR) is 141 cm³/mol. The molecule has 1 saturated heterocycles. The molecule has 2 aliphatic rings. The number of hydrogen-bond donors (Lipinski definition) is 3. The SMILES string of the molecule is CC(O)CN(Cc1cnn(C)c1)C(=O)c1cc(SNC2(C)CC2)cc(N2CC(C)(C#N)C2)c1N=CN. The molecule has 36 heavy (non-hydrogen) atoms. The number of aliphatic hydroxyl groups excluding tert-OH is 1. The van der Waals surface area contributed by atoms with Crippen molar-refractivity contribution in [3.05, 3.63) is 35.7 Å². The summed E-state index contributed by atoms with van der Waals surface area (Å²) >= 11 is 1.49. The van der Waals surface area contributed by atoms with Crippen LogP contribution in [0.2, 0.25) is 0 Å². The molecule has 0 spiro atoms. The van der Waals surface area contributed by atoms with Gasteiger partial charge in [-0.2, -0.15) is 10.4 Å². The standard InChI is InChI=1S/C25H34N8O2S/c1-17(34)10-32(12-18-9-29-31(4)11-18)23(35)20-7-19(36-30-25(3)5-6-25)8-21(22(20)28-16-27)33-14-24(2,13-26)15-33/h7-9,11,16-17,30,34H,5-6,10,12,14-15H2,1-4H3,(H2,27,28). The number of anilines is 1.